The van der Waals surface area contributed by atoms with Crippen LogP contribution in [0.15, 0.2) is 42.5 Å². The molecule has 0 saturated carbocycles. The second kappa shape index (κ2) is 8.35. The second-order valence-electron chi connectivity index (χ2n) is 7.59. The molecule has 0 radical (unpaired) electrons. The van der Waals surface area contributed by atoms with Gasteiger partial charge in [0.05, 0.1) is 12.3 Å². The largest absolute Gasteiger partial charge is 0.489 e. The molecular weight excluding hydrogens is 383 g/mol. The summed E-state index contributed by atoms with van der Waals surface area (Å²) in [5, 5.41) is 9.06. The number of carboxylic acid groups (broad SMARTS) is 1. The lowest BCUT2D eigenvalue weighted by atomic mass is 10.0. The number of aliphatic carboxylic acids is 1. The van der Waals surface area contributed by atoms with Crippen molar-refractivity contribution in [3.63, 3.8) is 0 Å². The third kappa shape index (κ3) is 5.22. The van der Waals surface area contributed by atoms with Crippen molar-refractivity contribution < 1.29 is 27.8 Å². The smallest absolute Gasteiger partial charge is 0.393 e. The van der Waals surface area contributed by atoms with Crippen molar-refractivity contribution in [2.75, 3.05) is 11.4 Å². The van der Waals surface area contributed by atoms with Crippen LogP contribution in [0.4, 0.5) is 18.9 Å². The van der Waals surface area contributed by atoms with Crippen molar-refractivity contribution in [2.24, 2.45) is 5.92 Å². The van der Waals surface area contributed by atoms with Gasteiger partial charge in [-0.3, -0.25) is 4.79 Å². The molecule has 7 heteroatoms. The lowest BCUT2D eigenvalue weighted by Crippen LogP contribution is -2.32. The van der Waals surface area contributed by atoms with Crippen LogP contribution in [-0.2, 0) is 11.4 Å². The molecule has 0 bridgehead atoms. The molecule has 1 N–H and O–H groups in total. The summed E-state index contributed by atoms with van der Waals surface area (Å²) < 4.78 is 45.3. The fourth-order valence-electron chi connectivity index (χ4n) is 3.77. The van der Waals surface area contributed by atoms with Crippen LogP contribution in [0.25, 0.3) is 0 Å². The SMILES string of the molecule is Cc1ccc(COc2ccc(N3CC(C(F)(F)F)CC3CC(=O)O)cc2)c(C)c1. The zero-order valence-corrected chi connectivity index (χ0v) is 16.4. The van der Waals surface area contributed by atoms with Gasteiger partial charge in [0.1, 0.15) is 12.4 Å². The Bertz CT molecular complexity index is 865. The summed E-state index contributed by atoms with van der Waals surface area (Å²) in [5.74, 6) is -2.02. The number of halogens is 3. The topological polar surface area (TPSA) is 49.8 Å². The standard InChI is InChI=1S/C22H24F3NO3/c1-14-3-4-16(15(2)9-14)13-29-20-7-5-18(6-8-20)26-12-17(22(23,24)25)10-19(26)11-21(27)28/h3-9,17,19H,10-13H2,1-2H3,(H,27,28). The van der Waals surface area contributed by atoms with E-state index in [-0.39, 0.29) is 19.4 Å². The molecule has 0 amide bonds. The highest BCUT2D eigenvalue weighted by molar-refractivity contribution is 5.69. The second-order valence-corrected chi connectivity index (χ2v) is 7.59. The number of benzene rings is 2. The maximum Gasteiger partial charge on any atom is 0.393 e. The average Bonchev–Trinajstić information content (AvgIpc) is 3.05. The molecule has 1 aliphatic heterocycles. The molecule has 2 unspecified atom stereocenters. The molecule has 156 valence electrons. The van der Waals surface area contributed by atoms with Crippen LogP contribution in [0.1, 0.15) is 29.5 Å². The van der Waals surface area contributed by atoms with Crippen molar-refractivity contribution in [1.29, 1.82) is 0 Å². The van der Waals surface area contributed by atoms with E-state index < -0.39 is 24.1 Å². The number of ether oxygens (including phenoxy) is 1. The van der Waals surface area contributed by atoms with Crippen LogP contribution in [-0.4, -0.2) is 29.8 Å². The molecule has 1 saturated heterocycles. The van der Waals surface area contributed by atoms with E-state index in [1.807, 2.05) is 26.0 Å². The van der Waals surface area contributed by atoms with E-state index in [1.165, 1.54) is 5.56 Å². The minimum absolute atomic E-state index is 0.208. The summed E-state index contributed by atoms with van der Waals surface area (Å²) in [7, 11) is 0. The summed E-state index contributed by atoms with van der Waals surface area (Å²) in [6.07, 6.45) is -4.86. The molecule has 2 atom stereocenters. The van der Waals surface area contributed by atoms with Gasteiger partial charge in [-0.15, -0.1) is 0 Å². The van der Waals surface area contributed by atoms with Gasteiger partial charge in [-0.1, -0.05) is 23.8 Å². The predicted octanol–water partition coefficient (Wildman–Crippen LogP) is 5.11. The Morgan fingerprint density at radius 3 is 2.45 bits per heavy atom. The zero-order valence-electron chi connectivity index (χ0n) is 16.4. The molecule has 2 aromatic rings. The Labute approximate surface area is 167 Å². The van der Waals surface area contributed by atoms with Crippen LogP contribution >= 0.6 is 0 Å². The Kier molecular flexibility index (Phi) is 6.05. The van der Waals surface area contributed by atoms with Crippen LogP contribution in [0.2, 0.25) is 0 Å². The van der Waals surface area contributed by atoms with Gasteiger partial charge in [-0.05, 0) is 55.7 Å². The fourth-order valence-corrected chi connectivity index (χ4v) is 3.77. The first-order valence-electron chi connectivity index (χ1n) is 9.47. The molecule has 4 nitrogen and oxygen atoms in total. The van der Waals surface area contributed by atoms with Crippen molar-refractivity contribution in [1.82, 2.24) is 0 Å². The summed E-state index contributed by atoms with van der Waals surface area (Å²) in [6.45, 7) is 4.20. The number of nitrogens with zero attached hydrogens (tertiary/aromatic N) is 1. The number of carbonyl (C=O) groups is 1. The molecule has 0 aromatic heterocycles. The molecule has 29 heavy (non-hydrogen) atoms. The molecular formula is C22H24F3NO3. The Balaban J connectivity index is 1.69. The van der Waals surface area contributed by atoms with Crippen molar-refractivity contribution in [2.45, 2.75) is 45.5 Å². The Morgan fingerprint density at radius 2 is 1.86 bits per heavy atom. The first-order chi connectivity index (χ1) is 13.6. The number of alkyl halides is 3. The fraction of sp³-hybridized carbons (Fsp3) is 0.409. The van der Waals surface area contributed by atoms with Crippen LogP contribution in [0.3, 0.4) is 0 Å². The van der Waals surface area contributed by atoms with Crippen LogP contribution in [0, 0.1) is 19.8 Å². The van der Waals surface area contributed by atoms with Crippen LogP contribution < -0.4 is 9.64 Å². The maximum absolute atomic E-state index is 13.1. The van der Waals surface area contributed by atoms with E-state index in [9.17, 15) is 18.0 Å². The normalized spacial score (nSPS) is 19.4. The van der Waals surface area contributed by atoms with Crippen LogP contribution in [0.5, 0.6) is 5.75 Å². The first kappa shape index (κ1) is 21.0. The van der Waals surface area contributed by atoms with E-state index >= 15 is 0 Å². The maximum atomic E-state index is 13.1. The summed E-state index contributed by atoms with van der Waals surface area (Å²) in [4.78, 5) is 12.6. The molecule has 1 heterocycles. The number of anilines is 1. The number of hydrogen-bond donors (Lipinski definition) is 1. The van der Waals surface area contributed by atoms with E-state index in [4.69, 9.17) is 9.84 Å². The van der Waals surface area contributed by atoms with Gasteiger partial charge in [0.15, 0.2) is 0 Å². The molecule has 1 aliphatic rings. The lowest BCUT2D eigenvalue weighted by Gasteiger charge is -2.26. The van der Waals surface area contributed by atoms with E-state index in [0.717, 1.165) is 11.1 Å². The van der Waals surface area contributed by atoms with Crippen molar-refractivity contribution in [3.8, 4) is 5.75 Å². The highest BCUT2D eigenvalue weighted by Gasteiger charge is 2.47. The minimum Gasteiger partial charge on any atom is -0.489 e. The summed E-state index contributed by atoms with van der Waals surface area (Å²) in [6, 6.07) is 12.2. The number of rotatable bonds is 6. The highest BCUT2D eigenvalue weighted by Crippen LogP contribution is 2.40. The third-order valence-electron chi connectivity index (χ3n) is 5.35. The summed E-state index contributed by atoms with van der Waals surface area (Å²) in [5.41, 5.74) is 3.94. The van der Waals surface area contributed by atoms with Crippen molar-refractivity contribution >= 4 is 11.7 Å². The summed E-state index contributed by atoms with van der Waals surface area (Å²) >= 11 is 0. The quantitative estimate of drug-likeness (QED) is 0.723. The molecule has 0 spiro atoms. The van der Waals surface area contributed by atoms with Gasteiger partial charge in [0, 0.05) is 18.3 Å². The number of aryl methyl sites for hydroxylation is 2. The number of hydrogen-bond acceptors (Lipinski definition) is 3. The molecule has 3 rings (SSSR count). The lowest BCUT2D eigenvalue weighted by molar-refractivity contribution is -0.169. The van der Waals surface area contributed by atoms with E-state index in [0.29, 0.717) is 18.0 Å². The Hall–Kier alpha value is -2.70. The predicted molar refractivity (Wildman–Crippen MR) is 104 cm³/mol. The van der Waals surface area contributed by atoms with Gasteiger partial charge in [0.25, 0.3) is 0 Å². The van der Waals surface area contributed by atoms with Gasteiger partial charge in [-0.25, -0.2) is 0 Å². The van der Waals surface area contributed by atoms with Crippen molar-refractivity contribution in [3.05, 3.63) is 59.2 Å². The minimum atomic E-state index is -4.33. The van der Waals surface area contributed by atoms with Gasteiger partial charge in [-0.2, -0.15) is 13.2 Å². The van der Waals surface area contributed by atoms with E-state index in [2.05, 4.69) is 6.07 Å². The zero-order chi connectivity index (χ0) is 21.2. The molecule has 1 fully saturated rings. The molecule has 0 aliphatic carbocycles. The van der Waals surface area contributed by atoms with Gasteiger partial charge < -0.3 is 14.7 Å². The monoisotopic (exact) mass is 407 g/mol. The molecule has 2 aromatic carbocycles. The first-order valence-corrected chi connectivity index (χ1v) is 9.47. The highest BCUT2D eigenvalue weighted by atomic mass is 19.4. The van der Waals surface area contributed by atoms with Gasteiger partial charge >= 0.3 is 12.1 Å². The van der Waals surface area contributed by atoms with Gasteiger partial charge in [0.2, 0.25) is 0 Å². The average molecular weight is 407 g/mol. The van der Waals surface area contributed by atoms with E-state index in [1.54, 1.807) is 29.2 Å². The number of carboxylic acids is 1. The Morgan fingerprint density at radius 1 is 1.17 bits per heavy atom. The third-order valence-corrected chi connectivity index (χ3v) is 5.35.